The molecule has 0 heterocycles. The molecule has 3 nitrogen and oxygen atoms in total. The lowest BCUT2D eigenvalue weighted by atomic mass is 10.0. The number of rotatable bonds is 9. The van der Waals surface area contributed by atoms with E-state index >= 15 is 0 Å². The topological polar surface area (TPSA) is 26.7 Å². The van der Waals surface area contributed by atoms with Gasteiger partial charge in [-0.1, -0.05) is 75.1 Å². The lowest BCUT2D eigenvalue weighted by Gasteiger charge is -2.23. The van der Waals surface area contributed by atoms with Crippen LogP contribution in [0.2, 0.25) is 0 Å². The first-order chi connectivity index (χ1) is 15.4. The zero-order valence-corrected chi connectivity index (χ0v) is 20.9. The molecule has 0 amide bonds. The first-order valence-electron chi connectivity index (χ1n) is 11.1. The van der Waals surface area contributed by atoms with Crippen molar-refractivity contribution >= 4 is 17.8 Å². The molecule has 3 heteroatoms. The van der Waals surface area contributed by atoms with E-state index in [0.29, 0.717) is 6.54 Å². The fraction of sp³-hybridized carbons (Fsp3) is 0.310. The van der Waals surface area contributed by atoms with E-state index in [0.717, 1.165) is 28.9 Å². The Hall–Kier alpha value is -3.04. The second kappa shape index (κ2) is 16.6. The maximum absolute atomic E-state index is 9.79. The lowest BCUT2D eigenvalue weighted by molar-refractivity contribution is 0.323. The van der Waals surface area contributed by atoms with Crippen LogP contribution in [0.1, 0.15) is 43.0 Å². The van der Waals surface area contributed by atoms with Crippen molar-refractivity contribution in [1.29, 1.82) is 0 Å². The van der Waals surface area contributed by atoms with Crippen LogP contribution in [-0.4, -0.2) is 37.3 Å². The third-order valence-electron chi connectivity index (χ3n) is 4.54. The number of anilines is 1. The van der Waals surface area contributed by atoms with Gasteiger partial charge in [0.15, 0.2) is 0 Å². The van der Waals surface area contributed by atoms with Crippen LogP contribution in [0.15, 0.2) is 80.1 Å². The Morgan fingerprint density at radius 2 is 1.50 bits per heavy atom. The standard InChI is InChI=1S/C24H30N2O.C3H6.C2H6/c1-6-22-11-10-20(14-23(22)7-2)15-25(4)16-21(18-27)17-26(5)24-12-8-19(3)9-13-24;1-3-2;1-2/h6-14,16,27H,1-2,15,17-18H2,3-5H3;3H,1H2,2H3;1-2H3/b21-16+;;. The summed E-state index contributed by atoms with van der Waals surface area (Å²) in [4.78, 5) is 4.24. The first kappa shape index (κ1) is 29.0. The molecule has 174 valence electrons. The zero-order valence-electron chi connectivity index (χ0n) is 20.9. The molecule has 0 aromatic heterocycles. The van der Waals surface area contributed by atoms with Gasteiger partial charge in [-0.3, -0.25) is 0 Å². The molecule has 1 N–H and O–H groups in total. The highest BCUT2D eigenvalue weighted by molar-refractivity contribution is 5.64. The number of aryl methyl sites for hydroxylation is 1. The van der Waals surface area contributed by atoms with E-state index in [2.05, 4.69) is 78.9 Å². The van der Waals surface area contributed by atoms with E-state index in [1.165, 1.54) is 11.1 Å². The van der Waals surface area contributed by atoms with Crippen LogP contribution >= 0.6 is 0 Å². The minimum absolute atomic E-state index is 0.0356. The molecule has 2 aromatic carbocycles. The molecule has 0 aliphatic carbocycles. The van der Waals surface area contributed by atoms with E-state index in [1.807, 2.05) is 53.2 Å². The highest BCUT2D eigenvalue weighted by Gasteiger charge is 2.06. The quantitative estimate of drug-likeness (QED) is 0.433. The van der Waals surface area contributed by atoms with Gasteiger partial charge in [0.1, 0.15) is 0 Å². The molecule has 0 saturated heterocycles. The van der Waals surface area contributed by atoms with Gasteiger partial charge in [-0.2, -0.15) is 0 Å². The first-order valence-corrected chi connectivity index (χ1v) is 11.1. The Bertz CT molecular complexity index is 850. The van der Waals surface area contributed by atoms with E-state index in [1.54, 1.807) is 6.08 Å². The van der Waals surface area contributed by atoms with Crippen molar-refractivity contribution in [2.75, 3.05) is 32.1 Å². The predicted molar refractivity (Wildman–Crippen MR) is 145 cm³/mol. The largest absolute Gasteiger partial charge is 0.392 e. The normalized spacial score (nSPS) is 10.0. The van der Waals surface area contributed by atoms with Crippen molar-refractivity contribution in [3.63, 3.8) is 0 Å². The summed E-state index contributed by atoms with van der Waals surface area (Å²) in [5, 5.41) is 9.79. The van der Waals surface area contributed by atoms with E-state index in [-0.39, 0.29) is 6.61 Å². The average Bonchev–Trinajstić information content (AvgIpc) is 2.80. The summed E-state index contributed by atoms with van der Waals surface area (Å²) in [5.41, 5.74) is 6.71. The van der Waals surface area contributed by atoms with E-state index in [9.17, 15) is 5.11 Å². The van der Waals surface area contributed by atoms with Crippen LogP contribution < -0.4 is 4.90 Å². The van der Waals surface area contributed by atoms with Gasteiger partial charge < -0.3 is 14.9 Å². The minimum Gasteiger partial charge on any atom is -0.392 e. The van der Waals surface area contributed by atoms with Crippen molar-refractivity contribution in [2.45, 2.75) is 34.2 Å². The maximum atomic E-state index is 9.79. The number of hydrogen-bond donors (Lipinski definition) is 1. The minimum atomic E-state index is 0.0356. The summed E-state index contributed by atoms with van der Waals surface area (Å²) < 4.78 is 0. The van der Waals surface area contributed by atoms with Crippen molar-refractivity contribution < 1.29 is 5.11 Å². The summed E-state index contributed by atoms with van der Waals surface area (Å²) in [7, 11) is 4.06. The Morgan fingerprint density at radius 3 is 2.00 bits per heavy atom. The molecule has 0 spiro atoms. The summed E-state index contributed by atoms with van der Waals surface area (Å²) in [6.45, 7) is 20.5. The number of hydrogen-bond acceptors (Lipinski definition) is 3. The van der Waals surface area contributed by atoms with Gasteiger partial charge in [0.25, 0.3) is 0 Å². The van der Waals surface area contributed by atoms with Crippen molar-refractivity contribution in [1.82, 2.24) is 4.90 Å². The predicted octanol–water partition coefficient (Wildman–Crippen LogP) is 6.94. The number of benzene rings is 2. The van der Waals surface area contributed by atoms with Gasteiger partial charge in [0.2, 0.25) is 0 Å². The monoisotopic (exact) mass is 434 g/mol. The Kier molecular flexibility index (Phi) is 15.0. The second-order valence-corrected chi connectivity index (χ2v) is 7.33. The Labute approximate surface area is 196 Å². The van der Waals surface area contributed by atoms with Crippen LogP contribution in [0, 0.1) is 6.92 Å². The van der Waals surface area contributed by atoms with Gasteiger partial charge >= 0.3 is 0 Å². The maximum Gasteiger partial charge on any atom is 0.0675 e. The molecule has 0 aliphatic heterocycles. The van der Waals surface area contributed by atoms with Crippen LogP contribution in [0.25, 0.3) is 12.2 Å². The molecule has 2 rings (SSSR count). The van der Waals surface area contributed by atoms with Crippen LogP contribution in [-0.2, 0) is 6.54 Å². The molecular weight excluding hydrogens is 392 g/mol. The molecule has 0 unspecified atom stereocenters. The van der Waals surface area contributed by atoms with Gasteiger partial charge in [-0.15, -0.1) is 6.58 Å². The SMILES string of the molecule is C=CC.C=Cc1ccc(CN(C)/C=C(/CO)CN(C)c2ccc(C)cc2)cc1C=C.CC. The fourth-order valence-corrected chi connectivity index (χ4v) is 3.06. The number of aliphatic hydroxyl groups excluding tert-OH is 1. The molecule has 0 atom stereocenters. The number of likely N-dealkylation sites (N-methyl/N-ethyl adjacent to an activating group) is 1. The van der Waals surface area contributed by atoms with Gasteiger partial charge in [0, 0.05) is 39.1 Å². The van der Waals surface area contributed by atoms with Crippen LogP contribution in [0.4, 0.5) is 5.69 Å². The molecule has 0 radical (unpaired) electrons. The van der Waals surface area contributed by atoms with Crippen LogP contribution in [0.5, 0.6) is 0 Å². The molecule has 0 aliphatic rings. The highest BCUT2D eigenvalue weighted by Crippen LogP contribution is 2.17. The Balaban J connectivity index is 0.00000177. The third-order valence-corrected chi connectivity index (χ3v) is 4.54. The Morgan fingerprint density at radius 1 is 0.938 bits per heavy atom. The summed E-state index contributed by atoms with van der Waals surface area (Å²) in [6.07, 6.45) is 7.47. The zero-order chi connectivity index (χ0) is 24.5. The smallest absolute Gasteiger partial charge is 0.0675 e. The van der Waals surface area contributed by atoms with Crippen molar-refractivity contribution in [2.24, 2.45) is 0 Å². The third kappa shape index (κ3) is 10.3. The lowest BCUT2D eigenvalue weighted by Crippen LogP contribution is -2.23. The van der Waals surface area contributed by atoms with Crippen LogP contribution in [0.3, 0.4) is 0 Å². The van der Waals surface area contributed by atoms with Gasteiger partial charge in [0.05, 0.1) is 6.61 Å². The number of aliphatic hydroxyl groups is 1. The van der Waals surface area contributed by atoms with Gasteiger partial charge in [-0.05, 0) is 54.3 Å². The van der Waals surface area contributed by atoms with Crippen molar-refractivity contribution in [3.8, 4) is 0 Å². The van der Waals surface area contributed by atoms with Crippen molar-refractivity contribution in [3.05, 3.63) is 102 Å². The average molecular weight is 435 g/mol. The van der Waals surface area contributed by atoms with E-state index < -0.39 is 0 Å². The second-order valence-electron chi connectivity index (χ2n) is 7.33. The molecule has 32 heavy (non-hydrogen) atoms. The molecule has 2 aromatic rings. The highest BCUT2D eigenvalue weighted by atomic mass is 16.3. The summed E-state index contributed by atoms with van der Waals surface area (Å²) >= 11 is 0. The van der Waals surface area contributed by atoms with E-state index in [4.69, 9.17) is 0 Å². The number of allylic oxidation sites excluding steroid dienone is 1. The molecule has 0 saturated carbocycles. The molecule has 0 bridgehead atoms. The van der Waals surface area contributed by atoms with Gasteiger partial charge in [-0.25, -0.2) is 0 Å². The fourth-order valence-electron chi connectivity index (χ4n) is 3.06. The number of nitrogens with zero attached hydrogens (tertiary/aromatic N) is 2. The molecular formula is C29H42N2O. The molecule has 0 fully saturated rings. The summed E-state index contributed by atoms with van der Waals surface area (Å²) in [6, 6.07) is 14.7. The summed E-state index contributed by atoms with van der Waals surface area (Å²) in [5.74, 6) is 0.